The molecule has 2 aliphatic heterocycles. The Morgan fingerprint density at radius 1 is 1.05 bits per heavy atom. The lowest BCUT2D eigenvalue weighted by Crippen LogP contribution is -2.43. The second-order valence-electron chi connectivity index (χ2n) is 6.68. The van der Waals surface area contributed by atoms with Crippen molar-refractivity contribution in [2.75, 3.05) is 53.4 Å². The number of rotatable bonds is 4. The standard InChI is InChI=1S/C16H33N5.HI/c1-19(2)15-7-12-20(13-8-15)14-9-18-16(17)21-10-5-3-4-6-11-21;/h15H,3-14H2,1-2H3,(H2,17,18);1H. The van der Waals surface area contributed by atoms with E-state index in [2.05, 4.69) is 33.8 Å². The van der Waals surface area contributed by atoms with Crippen molar-refractivity contribution in [1.29, 1.82) is 0 Å². The zero-order valence-corrected chi connectivity index (χ0v) is 16.7. The van der Waals surface area contributed by atoms with Crippen molar-refractivity contribution in [1.82, 2.24) is 14.7 Å². The largest absolute Gasteiger partial charge is 0.370 e. The Labute approximate surface area is 153 Å². The van der Waals surface area contributed by atoms with E-state index >= 15 is 0 Å². The smallest absolute Gasteiger partial charge is 0.191 e. The summed E-state index contributed by atoms with van der Waals surface area (Å²) in [7, 11) is 4.37. The third kappa shape index (κ3) is 6.58. The molecule has 2 rings (SSSR count). The van der Waals surface area contributed by atoms with Crippen molar-refractivity contribution in [2.24, 2.45) is 10.7 Å². The molecule has 0 atom stereocenters. The van der Waals surface area contributed by atoms with Crippen LogP contribution in [0, 0.1) is 0 Å². The van der Waals surface area contributed by atoms with Gasteiger partial charge in [0.05, 0.1) is 6.54 Å². The lowest BCUT2D eigenvalue weighted by molar-refractivity contribution is 0.148. The van der Waals surface area contributed by atoms with Crippen LogP contribution >= 0.6 is 24.0 Å². The minimum atomic E-state index is 0. The molecule has 0 unspecified atom stereocenters. The number of nitrogens with zero attached hydrogens (tertiary/aromatic N) is 4. The predicted molar refractivity (Wildman–Crippen MR) is 105 cm³/mol. The van der Waals surface area contributed by atoms with Gasteiger partial charge in [0, 0.05) is 25.7 Å². The van der Waals surface area contributed by atoms with Gasteiger partial charge in [-0.05, 0) is 52.9 Å². The van der Waals surface area contributed by atoms with Gasteiger partial charge < -0.3 is 20.4 Å². The predicted octanol–water partition coefficient (Wildman–Crippen LogP) is 1.82. The summed E-state index contributed by atoms with van der Waals surface area (Å²) in [5.41, 5.74) is 6.15. The van der Waals surface area contributed by atoms with Crippen LogP contribution in [0.15, 0.2) is 4.99 Å². The van der Waals surface area contributed by atoms with E-state index in [0.29, 0.717) is 0 Å². The van der Waals surface area contributed by atoms with E-state index in [1.54, 1.807) is 0 Å². The molecule has 0 aliphatic carbocycles. The second-order valence-corrected chi connectivity index (χ2v) is 6.68. The lowest BCUT2D eigenvalue weighted by Gasteiger charge is -2.34. The SMILES string of the molecule is CN(C)C1CCN(CCN=C(N)N2CCCCCC2)CC1.I. The Morgan fingerprint density at radius 2 is 1.64 bits per heavy atom. The summed E-state index contributed by atoms with van der Waals surface area (Å²) in [6, 6.07) is 0.756. The van der Waals surface area contributed by atoms with Crippen molar-refractivity contribution in [3.63, 3.8) is 0 Å². The zero-order chi connectivity index (χ0) is 15.1. The summed E-state index contributed by atoms with van der Waals surface area (Å²) in [5, 5.41) is 0. The molecule has 0 radical (unpaired) electrons. The monoisotopic (exact) mass is 423 g/mol. The number of nitrogens with two attached hydrogens (primary N) is 1. The first-order valence-corrected chi connectivity index (χ1v) is 8.60. The van der Waals surface area contributed by atoms with E-state index < -0.39 is 0 Å². The highest BCUT2D eigenvalue weighted by Gasteiger charge is 2.20. The fourth-order valence-corrected chi connectivity index (χ4v) is 3.37. The molecular formula is C16H34IN5. The first kappa shape index (κ1) is 20.0. The molecule has 130 valence electrons. The number of hydrogen-bond acceptors (Lipinski definition) is 3. The average molecular weight is 423 g/mol. The highest BCUT2D eigenvalue weighted by Crippen LogP contribution is 2.13. The molecule has 0 spiro atoms. The molecular weight excluding hydrogens is 389 g/mol. The van der Waals surface area contributed by atoms with Crippen molar-refractivity contribution in [3.05, 3.63) is 0 Å². The zero-order valence-electron chi connectivity index (χ0n) is 14.3. The van der Waals surface area contributed by atoms with Crippen molar-refractivity contribution < 1.29 is 0 Å². The van der Waals surface area contributed by atoms with Crippen LogP contribution in [0.4, 0.5) is 0 Å². The van der Waals surface area contributed by atoms with Crippen LogP contribution in [-0.2, 0) is 0 Å². The van der Waals surface area contributed by atoms with Crippen molar-refractivity contribution >= 4 is 29.9 Å². The van der Waals surface area contributed by atoms with Gasteiger partial charge in [-0.3, -0.25) is 4.99 Å². The third-order valence-electron chi connectivity index (χ3n) is 4.91. The van der Waals surface area contributed by atoms with E-state index in [1.165, 1.54) is 51.6 Å². The van der Waals surface area contributed by atoms with Crippen LogP contribution in [0.1, 0.15) is 38.5 Å². The molecule has 2 aliphatic rings. The number of halogens is 1. The summed E-state index contributed by atoms with van der Waals surface area (Å²) >= 11 is 0. The highest BCUT2D eigenvalue weighted by molar-refractivity contribution is 14.0. The number of likely N-dealkylation sites (tertiary alicyclic amines) is 2. The van der Waals surface area contributed by atoms with Crippen molar-refractivity contribution in [2.45, 2.75) is 44.6 Å². The highest BCUT2D eigenvalue weighted by atomic mass is 127. The van der Waals surface area contributed by atoms with Gasteiger partial charge >= 0.3 is 0 Å². The first-order valence-electron chi connectivity index (χ1n) is 8.60. The van der Waals surface area contributed by atoms with Crippen LogP contribution in [0.5, 0.6) is 0 Å². The fourth-order valence-electron chi connectivity index (χ4n) is 3.37. The van der Waals surface area contributed by atoms with Gasteiger partial charge in [-0.25, -0.2) is 0 Å². The van der Waals surface area contributed by atoms with Gasteiger partial charge in [0.1, 0.15) is 0 Å². The Morgan fingerprint density at radius 3 is 2.18 bits per heavy atom. The van der Waals surface area contributed by atoms with Crippen LogP contribution in [0.3, 0.4) is 0 Å². The molecule has 2 N–H and O–H groups in total. The van der Waals surface area contributed by atoms with Gasteiger partial charge in [0.2, 0.25) is 0 Å². The quantitative estimate of drug-likeness (QED) is 0.426. The van der Waals surface area contributed by atoms with E-state index in [0.717, 1.165) is 38.2 Å². The Balaban J connectivity index is 0.00000242. The molecule has 2 fully saturated rings. The van der Waals surface area contributed by atoms with Gasteiger partial charge in [0.25, 0.3) is 0 Å². The summed E-state index contributed by atoms with van der Waals surface area (Å²) in [5.74, 6) is 0.764. The molecule has 0 amide bonds. The molecule has 2 saturated heterocycles. The summed E-state index contributed by atoms with van der Waals surface area (Å²) < 4.78 is 0. The minimum Gasteiger partial charge on any atom is -0.370 e. The summed E-state index contributed by atoms with van der Waals surface area (Å²) in [6.45, 7) is 6.46. The molecule has 0 aromatic carbocycles. The number of guanidine groups is 1. The maximum Gasteiger partial charge on any atom is 0.191 e. The molecule has 0 saturated carbocycles. The maximum atomic E-state index is 6.15. The Hall–Kier alpha value is -0.0800. The van der Waals surface area contributed by atoms with Crippen LogP contribution < -0.4 is 5.73 Å². The van der Waals surface area contributed by atoms with E-state index in [9.17, 15) is 0 Å². The summed E-state index contributed by atoms with van der Waals surface area (Å²) in [4.78, 5) is 11.8. The first-order chi connectivity index (χ1) is 10.2. The van der Waals surface area contributed by atoms with Crippen molar-refractivity contribution in [3.8, 4) is 0 Å². The average Bonchev–Trinajstić information content (AvgIpc) is 2.77. The summed E-state index contributed by atoms with van der Waals surface area (Å²) in [6.07, 6.45) is 7.74. The molecule has 5 nitrogen and oxygen atoms in total. The van der Waals surface area contributed by atoms with E-state index in [4.69, 9.17) is 5.73 Å². The van der Waals surface area contributed by atoms with Crippen LogP contribution in [-0.4, -0.2) is 80.1 Å². The molecule has 22 heavy (non-hydrogen) atoms. The lowest BCUT2D eigenvalue weighted by atomic mass is 10.0. The van der Waals surface area contributed by atoms with Gasteiger partial charge in [-0.2, -0.15) is 0 Å². The van der Waals surface area contributed by atoms with Gasteiger partial charge in [-0.1, -0.05) is 12.8 Å². The van der Waals surface area contributed by atoms with E-state index in [1.807, 2.05) is 0 Å². The van der Waals surface area contributed by atoms with Gasteiger partial charge in [-0.15, -0.1) is 24.0 Å². The topological polar surface area (TPSA) is 48.1 Å². The molecule has 2 heterocycles. The molecule has 0 aromatic rings. The second kappa shape index (κ2) is 10.6. The number of hydrogen-bond donors (Lipinski definition) is 1. The van der Waals surface area contributed by atoms with Crippen LogP contribution in [0.25, 0.3) is 0 Å². The number of piperidine rings is 1. The minimum absolute atomic E-state index is 0. The maximum absolute atomic E-state index is 6.15. The third-order valence-corrected chi connectivity index (χ3v) is 4.91. The van der Waals surface area contributed by atoms with Crippen LogP contribution in [0.2, 0.25) is 0 Å². The van der Waals surface area contributed by atoms with E-state index in [-0.39, 0.29) is 24.0 Å². The Bertz CT molecular complexity index is 318. The van der Waals surface area contributed by atoms with Gasteiger partial charge in [0.15, 0.2) is 5.96 Å². The normalized spacial score (nSPS) is 22.5. The fraction of sp³-hybridized carbons (Fsp3) is 0.938. The number of aliphatic imine (C=N–C) groups is 1. The molecule has 0 aromatic heterocycles. The Kier molecular flexibility index (Phi) is 9.66. The molecule has 6 heteroatoms. The molecule has 0 bridgehead atoms.